The summed E-state index contributed by atoms with van der Waals surface area (Å²) in [5, 5.41) is 0. The van der Waals surface area contributed by atoms with E-state index in [9.17, 15) is 0 Å². The van der Waals surface area contributed by atoms with E-state index < -0.39 is 0 Å². The first kappa shape index (κ1) is 14.7. The molecule has 0 spiro atoms. The summed E-state index contributed by atoms with van der Waals surface area (Å²) in [5.41, 5.74) is 5.03. The molecule has 0 atom stereocenters. The van der Waals surface area contributed by atoms with Gasteiger partial charge in [0.15, 0.2) is 0 Å². The lowest BCUT2D eigenvalue weighted by Gasteiger charge is -2.03. The molecule has 0 amide bonds. The van der Waals surface area contributed by atoms with Crippen LogP contribution in [0.5, 0.6) is 5.75 Å². The Morgan fingerprint density at radius 2 is 1.83 bits per heavy atom. The number of methoxy groups -OCH3 is 1. The number of ether oxygens (including phenoxy) is 1. The molecule has 1 N–H and O–H groups in total. The van der Waals surface area contributed by atoms with Crippen molar-refractivity contribution in [1.29, 1.82) is 0 Å². The fraction of sp³-hybridized carbons (Fsp3) is 0.0526. The maximum Gasteiger partial charge on any atom is 0.205 e. The standard InChI is InChI=1S/C19H15N3OS/c1-23-15-9-5-8-14(10-15)17-12-22-18(21-17)16(11-20-19(22)24)13-6-3-2-4-7-13/h2-12,21H,1H3. The molecule has 2 heterocycles. The molecular formula is C19H15N3OS. The summed E-state index contributed by atoms with van der Waals surface area (Å²) in [4.78, 5) is 7.83. The second-order valence-corrected chi connectivity index (χ2v) is 5.80. The van der Waals surface area contributed by atoms with Gasteiger partial charge in [0, 0.05) is 23.5 Å². The van der Waals surface area contributed by atoms with Crippen LogP contribution in [-0.2, 0) is 0 Å². The molecular weight excluding hydrogens is 318 g/mol. The van der Waals surface area contributed by atoms with Crippen LogP contribution in [0.3, 0.4) is 0 Å². The van der Waals surface area contributed by atoms with Gasteiger partial charge >= 0.3 is 0 Å². The van der Waals surface area contributed by atoms with Crippen molar-refractivity contribution in [3.05, 3.63) is 71.8 Å². The van der Waals surface area contributed by atoms with Crippen molar-refractivity contribution in [2.75, 3.05) is 7.11 Å². The van der Waals surface area contributed by atoms with Crippen LogP contribution in [0.15, 0.2) is 67.0 Å². The van der Waals surface area contributed by atoms with Crippen molar-refractivity contribution in [1.82, 2.24) is 14.4 Å². The lowest BCUT2D eigenvalue weighted by Crippen LogP contribution is -1.92. The highest BCUT2D eigenvalue weighted by Crippen LogP contribution is 2.28. The number of aromatic amines is 1. The fourth-order valence-electron chi connectivity index (χ4n) is 2.77. The number of aromatic nitrogens is 3. The van der Waals surface area contributed by atoms with Gasteiger partial charge < -0.3 is 9.72 Å². The molecule has 0 fully saturated rings. The summed E-state index contributed by atoms with van der Waals surface area (Å²) in [5.74, 6) is 0.816. The van der Waals surface area contributed by atoms with Crippen LogP contribution in [0.1, 0.15) is 0 Å². The third-order valence-electron chi connectivity index (χ3n) is 3.98. The van der Waals surface area contributed by atoms with Crippen LogP contribution >= 0.6 is 12.2 Å². The molecule has 0 aliphatic rings. The van der Waals surface area contributed by atoms with E-state index in [-0.39, 0.29) is 0 Å². The molecule has 4 rings (SSSR count). The van der Waals surface area contributed by atoms with Crippen molar-refractivity contribution in [2.45, 2.75) is 0 Å². The maximum atomic E-state index is 5.38. The highest BCUT2D eigenvalue weighted by Gasteiger charge is 2.10. The average molecular weight is 333 g/mol. The van der Waals surface area contributed by atoms with Gasteiger partial charge in [-0.15, -0.1) is 0 Å². The van der Waals surface area contributed by atoms with E-state index in [4.69, 9.17) is 17.0 Å². The summed E-state index contributed by atoms with van der Waals surface area (Å²) >= 11 is 5.38. The Morgan fingerprint density at radius 3 is 2.62 bits per heavy atom. The normalized spacial score (nSPS) is 10.9. The first-order chi connectivity index (χ1) is 11.8. The quantitative estimate of drug-likeness (QED) is 0.551. The predicted molar refractivity (Wildman–Crippen MR) is 97.8 cm³/mol. The zero-order valence-corrected chi connectivity index (χ0v) is 13.9. The molecule has 4 nitrogen and oxygen atoms in total. The van der Waals surface area contributed by atoms with Gasteiger partial charge in [0.05, 0.1) is 12.8 Å². The average Bonchev–Trinajstić information content (AvgIpc) is 3.09. The summed E-state index contributed by atoms with van der Waals surface area (Å²) in [6.45, 7) is 0. The van der Waals surface area contributed by atoms with Crippen LogP contribution < -0.4 is 4.74 Å². The number of hydrogen-bond acceptors (Lipinski definition) is 3. The SMILES string of the molecule is COc1cccc(-c2cn3c(=S)ncc(-c4ccccc4)c3[nH]2)c1. The molecule has 24 heavy (non-hydrogen) atoms. The van der Waals surface area contributed by atoms with E-state index in [0.29, 0.717) is 4.77 Å². The molecule has 118 valence electrons. The number of H-pyrrole nitrogens is 1. The van der Waals surface area contributed by atoms with Gasteiger partial charge in [0.2, 0.25) is 4.77 Å². The highest BCUT2D eigenvalue weighted by molar-refractivity contribution is 7.71. The Kier molecular flexibility index (Phi) is 3.63. The molecule has 0 aliphatic carbocycles. The van der Waals surface area contributed by atoms with E-state index in [1.807, 2.05) is 59.3 Å². The number of hydrogen-bond donors (Lipinski definition) is 1. The molecule has 2 aromatic carbocycles. The number of fused-ring (bicyclic) bond motifs is 1. The number of benzene rings is 2. The third kappa shape index (κ3) is 2.49. The lowest BCUT2D eigenvalue weighted by molar-refractivity contribution is 0.415. The zero-order chi connectivity index (χ0) is 16.5. The van der Waals surface area contributed by atoms with E-state index >= 15 is 0 Å². The van der Waals surface area contributed by atoms with Gasteiger partial charge in [-0.05, 0) is 29.9 Å². The molecule has 4 aromatic rings. The Balaban J connectivity index is 1.94. The van der Waals surface area contributed by atoms with Crippen molar-refractivity contribution in [2.24, 2.45) is 0 Å². The van der Waals surface area contributed by atoms with E-state index in [0.717, 1.165) is 33.8 Å². The Labute approximate surface area is 144 Å². The Hall–Kier alpha value is -2.92. The van der Waals surface area contributed by atoms with Crippen molar-refractivity contribution in [3.63, 3.8) is 0 Å². The van der Waals surface area contributed by atoms with Crippen molar-refractivity contribution in [3.8, 4) is 28.1 Å². The Morgan fingerprint density at radius 1 is 1.04 bits per heavy atom. The van der Waals surface area contributed by atoms with Gasteiger partial charge in [-0.25, -0.2) is 4.98 Å². The molecule has 0 aliphatic heterocycles. The summed E-state index contributed by atoms with van der Waals surface area (Å²) in [6.07, 6.45) is 3.80. The minimum atomic E-state index is 0.523. The van der Waals surface area contributed by atoms with E-state index in [2.05, 4.69) is 22.1 Å². The molecule has 5 heteroatoms. The van der Waals surface area contributed by atoms with Crippen molar-refractivity contribution < 1.29 is 4.74 Å². The molecule has 0 saturated heterocycles. The van der Waals surface area contributed by atoms with Crippen LogP contribution in [0.2, 0.25) is 0 Å². The number of nitrogens with zero attached hydrogens (tertiary/aromatic N) is 2. The van der Waals surface area contributed by atoms with Gasteiger partial charge in [-0.2, -0.15) is 0 Å². The Bertz CT molecular complexity index is 1070. The molecule has 0 bridgehead atoms. The highest BCUT2D eigenvalue weighted by atomic mass is 32.1. The van der Waals surface area contributed by atoms with Crippen LogP contribution in [0.25, 0.3) is 28.0 Å². The van der Waals surface area contributed by atoms with Crippen LogP contribution in [0, 0.1) is 4.77 Å². The largest absolute Gasteiger partial charge is 0.497 e. The topological polar surface area (TPSA) is 42.3 Å². The van der Waals surface area contributed by atoms with Gasteiger partial charge in [0.1, 0.15) is 11.4 Å². The number of imidazole rings is 1. The molecule has 0 radical (unpaired) electrons. The second kappa shape index (κ2) is 5.94. The third-order valence-corrected chi connectivity index (χ3v) is 4.29. The van der Waals surface area contributed by atoms with Gasteiger partial charge in [-0.3, -0.25) is 4.40 Å². The van der Waals surface area contributed by atoms with E-state index in [1.165, 1.54) is 0 Å². The first-order valence-corrected chi connectivity index (χ1v) is 7.97. The smallest absolute Gasteiger partial charge is 0.205 e. The minimum absolute atomic E-state index is 0.523. The van der Waals surface area contributed by atoms with Crippen LogP contribution in [0.4, 0.5) is 0 Å². The number of nitrogens with one attached hydrogen (secondary N) is 1. The van der Waals surface area contributed by atoms with E-state index in [1.54, 1.807) is 7.11 Å². The fourth-order valence-corrected chi connectivity index (χ4v) is 2.97. The molecule has 0 saturated carbocycles. The predicted octanol–water partition coefficient (Wildman–Crippen LogP) is 4.73. The summed E-state index contributed by atoms with van der Waals surface area (Å²) < 4.78 is 7.75. The first-order valence-electron chi connectivity index (χ1n) is 7.56. The van der Waals surface area contributed by atoms with Gasteiger partial charge in [0.25, 0.3) is 0 Å². The zero-order valence-electron chi connectivity index (χ0n) is 13.1. The monoisotopic (exact) mass is 333 g/mol. The lowest BCUT2D eigenvalue weighted by atomic mass is 10.1. The minimum Gasteiger partial charge on any atom is -0.497 e. The maximum absolute atomic E-state index is 5.38. The summed E-state index contributed by atoms with van der Waals surface area (Å²) in [6, 6.07) is 18.1. The summed E-state index contributed by atoms with van der Waals surface area (Å²) in [7, 11) is 1.66. The molecule has 0 unspecified atom stereocenters. The van der Waals surface area contributed by atoms with Crippen LogP contribution in [-0.4, -0.2) is 21.5 Å². The number of rotatable bonds is 3. The second-order valence-electron chi connectivity index (χ2n) is 5.44. The molecule has 2 aromatic heterocycles. The van der Waals surface area contributed by atoms with Gasteiger partial charge in [-0.1, -0.05) is 42.5 Å². The van der Waals surface area contributed by atoms with Crippen molar-refractivity contribution >= 4 is 17.9 Å².